The summed E-state index contributed by atoms with van der Waals surface area (Å²) >= 11 is 0. The van der Waals surface area contributed by atoms with Crippen LogP contribution in [0.3, 0.4) is 0 Å². The van der Waals surface area contributed by atoms with Gasteiger partial charge in [0.05, 0.1) is 10.6 Å². The molecule has 0 radical (unpaired) electrons. The minimum atomic E-state index is -3.67. The van der Waals surface area contributed by atoms with Crippen LogP contribution in [0.25, 0.3) is 0 Å². The highest BCUT2D eigenvalue weighted by Gasteiger charge is 2.38. The fraction of sp³-hybridized carbons (Fsp3) is 0.400. The zero-order valence-corrected chi connectivity index (χ0v) is 21.4. The Morgan fingerprint density at radius 2 is 1.34 bits per heavy atom. The van der Waals surface area contributed by atoms with Gasteiger partial charge in [0.15, 0.2) is 0 Å². The lowest BCUT2D eigenvalue weighted by Gasteiger charge is -2.45. The molecule has 0 aromatic heterocycles. The number of likely N-dealkylation sites (tertiary alicyclic amines) is 1. The van der Waals surface area contributed by atoms with Gasteiger partial charge in [0.25, 0.3) is 10.0 Å². The van der Waals surface area contributed by atoms with E-state index in [0.717, 1.165) is 37.2 Å². The summed E-state index contributed by atoms with van der Waals surface area (Å²) in [6.07, 6.45) is 6.74. The van der Waals surface area contributed by atoms with Crippen LogP contribution in [-0.4, -0.2) is 38.5 Å². The Labute approximate surface area is 210 Å². The molecule has 3 aromatic rings. The maximum absolute atomic E-state index is 14.0. The van der Waals surface area contributed by atoms with E-state index in [9.17, 15) is 8.42 Å². The molecular weight excluding hydrogens is 452 g/mol. The first-order valence-electron chi connectivity index (χ1n) is 13.0. The fourth-order valence-electron chi connectivity index (χ4n) is 6.16. The molecule has 184 valence electrons. The molecule has 5 rings (SSSR count). The van der Waals surface area contributed by atoms with Crippen molar-refractivity contribution >= 4 is 15.7 Å². The van der Waals surface area contributed by atoms with Crippen molar-refractivity contribution in [1.29, 1.82) is 0 Å². The van der Waals surface area contributed by atoms with E-state index < -0.39 is 10.0 Å². The SMILES string of the molecule is Cc1ccccc1S(=O)(=O)N(c1ccccc1)C1CCN([C@@H]2CCCC[C@@H]2c2ccccc2)CC1. The number of benzene rings is 3. The van der Waals surface area contributed by atoms with Crippen molar-refractivity contribution in [2.45, 2.75) is 68.3 Å². The second kappa shape index (κ2) is 10.5. The van der Waals surface area contributed by atoms with Crippen LogP contribution in [0, 0.1) is 6.92 Å². The third kappa shape index (κ3) is 5.03. The van der Waals surface area contributed by atoms with E-state index in [4.69, 9.17) is 0 Å². The molecule has 0 amide bonds. The molecular formula is C30H36N2O2S. The number of anilines is 1. The highest BCUT2D eigenvalue weighted by molar-refractivity contribution is 7.93. The first kappa shape index (κ1) is 24.1. The first-order valence-corrected chi connectivity index (χ1v) is 14.4. The van der Waals surface area contributed by atoms with Gasteiger partial charge in [-0.2, -0.15) is 0 Å². The number of para-hydroxylation sites is 1. The molecule has 0 unspecified atom stereocenters. The van der Waals surface area contributed by atoms with Crippen molar-refractivity contribution in [3.8, 4) is 0 Å². The molecule has 35 heavy (non-hydrogen) atoms. The highest BCUT2D eigenvalue weighted by Crippen LogP contribution is 2.38. The number of sulfonamides is 1. The summed E-state index contributed by atoms with van der Waals surface area (Å²) < 4.78 is 29.7. The van der Waals surface area contributed by atoms with Gasteiger partial charge in [0, 0.05) is 25.2 Å². The van der Waals surface area contributed by atoms with Gasteiger partial charge < -0.3 is 0 Å². The van der Waals surface area contributed by atoms with Crippen LogP contribution in [0.4, 0.5) is 5.69 Å². The van der Waals surface area contributed by atoms with E-state index in [2.05, 4.69) is 35.2 Å². The largest absolute Gasteiger partial charge is 0.300 e. The van der Waals surface area contributed by atoms with Crippen molar-refractivity contribution in [3.63, 3.8) is 0 Å². The van der Waals surface area contributed by atoms with E-state index in [0.29, 0.717) is 16.9 Å². The lowest BCUT2D eigenvalue weighted by atomic mass is 9.78. The van der Waals surface area contributed by atoms with Gasteiger partial charge in [0.1, 0.15) is 0 Å². The molecule has 0 bridgehead atoms. The molecule has 0 spiro atoms. The molecule has 2 atom stereocenters. The molecule has 0 N–H and O–H groups in total. The molecule has 5 heteroatoms. The van der Waals surface area contributed by atoms with E-state index in [-0.39, 0.29) is 6.04 Å². The Bertz CT molecular complexity index is 1210. The van der Waals surface area contributed by atoms with Crippen LogP contribution in [0.2, 0.25) is 0 Å². The number of hydrogen-bond acceptors (Lipinski definition) is 3. The Kier molecular flexibility index (Phi) is 7.26. The summed E-state index contributed by atoms with van der Waals surface area (Å²) in [6.45, 7) is 3.75. The lowest BCUT2D eigenvalue weighted by molar-refractivity contribution is 0.107. The monoisotopic (exact) mass is 488 g/mol. The Hall–Kier alpha value is -2.63. The van der Waals surface area contributed by atoms with E-state index >= 15 is 0 Å². The zero-order chi connectivity index (χ0) is 24.3. The Balaban J connectivity index is 1.39. The second-order valence-electron chi connectivity index (χ2n) is 10.0. The van der Waals surface area contributed by atoms with Crippen molar-refractivity contribution in [2.75, 3.05) is 17.4 Å². The Morgan fingerprint density at radius 3 is 2.03 bits per heavy atom. The van der Waals surface area contributed by atoms with Gasteiger partial charge in [0.2, 0.25) is 0 Å². The number of nitrogens with zero attached hydrogens (tertiary/aromatic N) is 2. The number of aryl methyl sites for hydroxylation is 1. The average molecular weight is 489 g/mol. The summed E-state index contributed by atoms with van der Waals surface area (Å²) in [6, 6.07) is 28.4. The van der Waals surface area contributed by atoms with Crippen LogP contribution in [0.15, 0.2) is 89.8 Å². The van der Waals surface area contributed by atoms with Crippen molar-refractivity contribution < 1.29 is 8.42 Å². The molecule has 2 aliphatic rings. The van der Waals surface area contributed by atoms with Crippen LogP contribution in [-0.2, 0) is 10.0 Å². The van der Waals surface area contributed by atoms with Crippen molar-refractivity contribution in [1.82, 2.24) is 4.90 Å². The zero-order valence-electron chi connectivity index (χ0n) is 20.6. The van der Waals surface area contributed by atoms with E-state index in [1.54, 1.807) is 10.4 Å². The van der Waals surface area contributed by atoms with Gasteiger partial charge >= 0.3 is 0 Å². The summed E-state index contributed by atoms with van der Waals surface area (Å²) in [7, 11) is -3.67. The first-order chi connectivity index (χ1) is 17.1. The van der Waals surface area contributed by atoms with Crippen LogP contribution < -0.4 is 4.31 Å². The molecule has 1 aliphatic carbocycles. The van der Waals surface area contributed by atoms with Crippen LogP contribution >= 0.6 is 0 Å². The molecule has 1 aliphatic heterocycles. The van der Waals surface area contributed by atoms with Gasteiger partial charge in [-0.3, -0.25) is 9.21 Å². The summed E-state index contributed by atoms with van der Waals surface area (Å²) in [5.74, 6) is 0.572. The van der Waals surface area contributed by atoms with Crippen molar-refractivity contribution in [3.05, 3.63) is 96.1 Å². The minimum Gasteiger partial charge on any atom is -0.300 e. The van der Waals surface area contributed by atoms with Crippen LogP contribution in [0.5, 0.6) is 0 Å². The Morgan fingerprint density at radius 1 is 0.743 bits per heavy atom. The molecule has 2 fully saturated rings. The smallest absolute Gasteiger partial charge is 0.264 e. The van der Waals surface area contributed by atoms with Gasteiger partial charge in [-0.15, -0.1) is 0 Å². The predicted octanol–water partition coefficient (Wildman–Crippen LogP) is 6.38. The topological polar surface area (TPSA) is 40.6 Å². The lowest BCUT2D eigenvalue weighted by Crippen LogP contribution is -2.51. The summed E-state index contributed by atoms with van der Waals surface area (Å²) in [4.78, 5) is 3.05. The third-order valence-corrected chi connectivity index (χ3v) is 9.94. The molecule has 1 heterocycles. The quantitative estimate of drug-likeness (QED) is 0.404. The fourth-order valence-corrected chi connectivity index (χ4v) is 8.10. The maximum Gasteiger partial charge on any atom is 0.264 e. The second-order valence-corrected chi connectivity index (χ2v) is 11.8. The normalized spacial score (nSPS) is 22.1. The average Bonchev–Trinajstić information content (AvgIpc) is 2.90. The summed E-state index contributed by atoms with van der Waals surface area (Å²) in [5.41, 5.74) is 3.00. The third-order valence-electron chi connectivity index (χ3n) is 7.90. The van der Waals surface area contributed by atoms with Gasteiger partial charge in [-0.05, 0) is 67.9 Å². The summed E-state index contributed by atoms with van der Waals surface area (Å²) in [5, 5.41) is 0. The van der Waals surface area contributed by atoms with E-state index in [1.807, 2.05) is 55.5 Å². The van der Waals surface area contributed by atoms with Gasteiger partial charge in [-0.25, -0.2) is 8.42 Å². The number of hydrogen-bond donors (Lipinski definition) is 0. The number of rotatable bonds is 6. The van der Waals surface area contributed by atoms with Crippen LogP contribution in [0.1, 0.15) is 55.6 Å². The highest BCUT2D eigenvalue weighted by atomic mass is 32.2. The van der Waals surface area contributed by atoms with E-state index in [1.165, 1.54) is 31.2 Å². The molecule has 3 aromatic carbocycles. The maximum atomic E-state index is 14.0. The predicted molar refractivity (Wildman–Crippen MR) is 143 cm³/mol. The van der Waals surface area contributed by atoms with Crippen molar-refractivity contribution in [2.24, 2.45) is 0 Å². The molecule has 4 nitrogen and oxygen atoms in total. The standard InChI is InChI=1S/C30H36N2O2S/c1-24-12-8-11-19-30(24)35(33,34)32(26-15-6-3-7-16-26)27-20-22-31(23-21-27)29-18-10-9-17-28(29)25-13-4-2-5-14-25/h2-8,11-16,19,27-29H,9-10,17-18,20-23H2,1H3/t28-,29-/m1/s1. The number of piperidine rings is 1. The molecule has 1 saturated carbocycles. The minimum absolute atomic E-state index is 0.0444. The van der Waals surface area contributed by atoms with Gasteiger partial charge in [-0.1, -0.05) is 79.6 Å². The molecule has 1 saturated heterocycles.